The smallest absolute Gasteiger partial charge is 0.232 e. The Bertz CT molecular complexity index is 1540. The van der Waals surface area contributed by atoms with E-state index in [0.29, 0.717) is 58.1 Å². The normalized spacial score (nSPS) is 12.7. The lowest BCUT2D eigenvalue weighted by molar-refractivity contribution is 0.172. The molecule has 0 saturated heterocycles. The van der Waals surface area contributed by atoms with Gasteiger partial charge in [0.1, 0.15) is 30.5 Å². The molecule has 0 saturated carbocycles. The predicted octanol–water partition coefficient (Wildman–Crippen LogP) is 4.46. The first-order chi connectivity index (χ1) is 19.9. The molecule has 42 heavy (non-hydrogen) atoms. The van der Waals surface area contributed by atoms with Gasteiger partial charge in [-0.05, 0) is 60.2 Å². The number of aryl methyl sites for hydroxylation is 1. The van der Waals surface area contributed by atoms with E-state index in [9.17, 15) is 8.42 Å². The number of hydrogen-bond donors (Lipinski definition) is 2. The maximum Gasteiger partial charge on any atom is 0.232 e. The molecule has 1 aliphatic rings. The monoisotopic (exact) mass is 663 g/mol. The highest BCUT2D eigenvalue weighted by Gasteiger charge is 2.27. The Kier molecular flexibility index (Phi) is 9.89. The Morgan fingerprint density at radius 1 is 1.05 bits per heavy atom. The summed E-state index contributed by atoms with van der Waals surface area (Å²) >= 11 is 3.51. The fourth-order valence-corrected chi connectivity index (χ4v) is 5.24. The predicted molar refractivity (Wildman–Crippen MR) is 171 cm³/mol. The number of benzene rings is 2. The van der Waals surface area contributed by atoms with E-state index in [4.69, 9.17) is 14.2 Å². The number of ether oxygens (including phenoxy) is 3. The second kappa shape index (κ2) is 13.2. The summed E-state index contributed by atoms with van der Waals surface area (Å²) in [6, 6.07) is 7.55. The standard InChI is InChI=1S/C28H38BrN7O5S/c1-8-18-15-21(24(39-6)16-22(18)35(4)12-11-34(2)3)32-28-30-17-19(29)27(33-28)31-20-9-10-23-26(41-14-13-40-23)25(20)36(5)42(7,37)38/h9-10,15-17H,8,11-14H2,1-7H3,(H2,30,31,32,33). The molecule has 2 N–H and O–H groups in total. The van der Waals surface area contributed by atoms with Crippen molar-refractivity contribution in [2.24, 2.45) is 0 Å². The van der Waals surface area contributed by atoms with Gasteiger partial charge in [0.15, 0.2) is 11.5 Å². The van der Waals surface area contributed by atoms with E-state index in [1.165, 1.54) is 7.05 Å². The number of sulfonamides is 1. The third-order valence-corrected chi connectivity index (χ3v) is 8.57. The minimum atomic E-state index is -3.61. The number of nitrogens with zero attached hydrogens (tertiary/aromatic N) is 5. The van der Waals surface area contributed by atoms with Crippen molar-refractivity contribution in [1.82, 2.24) is 14.9 Å². The number of nitrogens with one attached hydrogen (secondary N) is 2. The second-order valence-corrected chi connectivity index (χ2v) is 13.0. The molecule has 4 rings (SSSR count). The van der Waals surface area contributed by atoms with E-state index in [2.05, 4.69) is 80.5 Å². The summed E-state index contributed by atoms with van der Waals surface area (Å²) in [7, 11) is 5.68. The molecule has 12 nitrogen and oxygen atoms in total. The van der Waals surface area contributed by atoms with E-state index in [0.717, 1.165) is 47.0 Å². The molecule has 0 unspecified atom stereocenters. The largest absolute Gasteiger partial charge is 0.494 e. The zero-order valence-electron chi connectivity index (χ0n) is 25.0. The maximum atomic E-state index is 12.5. The first-order valence-electron chi connectivity index (χ1n) is 13.4. The molecule has 2 heterocycles. The van der Waals surface area contributed by atoms with E-state index in [-0.39, 0.29) is 0 Å². The summed E-state index contributed by atoms with van der Waals surface area (Å²) in [5, 5.41) is 6.54. The fraction of sp³-hybridized carbons (Fsp3) is 0.429. The lowest BCUT2D eigenvalue weighted by Gasteiger charge is -2.28. The van der Waals surface area contributed by atoms with Gasteiger partial charge < -0.3 is 34.6 Å². The van der Waals surface area contributed by atoms with Crippen LogP contribution in [0.25, 0.3) is 0 Å². The highest BCUT2D eigenvalue weighted by atomic mass is 79.9. The summed E-state index contributed by atoms with van der Waals surface area (Å²) in [6.45, 7) is 4.60. The van der Waals surface area contributed by atoms with Gasteiger partial charge in [-0.1, -0.05) is 6.92 Å². The number of anilines is 6. The maximum absolute atomic E-state index is 12.5. The minimum Gasteiger partial charge on any atom is -0.494 e. The quantitative estimate of drug-likeness (QED) is 0.286. The van der Waals surface area contributed by atoms with Crippen LogP contribution in [0.2, 0.25) is 0 Å². The van der Waals surface area contributed by atoms with Gasteiger partial charge in [-0.2, -0.15) is 4.98 Å². The molecule has 1 aromatic heterocycles. The van der Waals surface area contributed by atoms with Crippen LogP contribution in [0, 0.1) is 0 Å². The van der Waals surface area contributed by atoms with Crippen LogP contribution >= 0.6 is 15.9 Å². The van der Waals surface area contributed by atoms with Gasteiger partial charge in [-0.3, -0.25) is 4.31 Å². The average Bonchev–Trinajstić information content (AvgIpc) is 2.96. The summed E-state index contributed by atoms with van der Waals surface area (Å²) in [6.07, 6.45) is 3.58. The van der Waals surface area contributed by atoms with Gasteiger partial charge in [0.05, 0.1) is 29.2 Å². The Morgan fingerprint density at radius 2 is 1.79 bits per heavy atom. The van der Waals surface area contributed by atoms with Crippen molar-refractivity contribution in [2.75, 3.05) is 87.7 Å². The van der Waals surface area contributed by atoms with Crippen molar-refractivity contribution in [3.05, 3.63) is 40.5 Å². The van der Waals surface area contributed by atoms with Crippen molar-refractivity contribution >= 4 is 60.5 Å². The molecular weight excluding hydrogens is 626 g/mol. The van der Waals surface area contributed by atoms with Gasteiger partial charge >= 0.3 is 0 Å². The summed E-state index contributed by atoms with van der Waals surface area (Å²) < 4.78 is 44.1. The summed E-state index contributed by atoms with van der Waals surface area (Å²) in [5.41, 5.74) is 3.76. The van der Waals surface area contributed by atoms with Crippen LogP contribution in [0.1, 0.15) is 12.5 Å². The van der Waals surface area contributed by atoms with Crippen LogP contribution < -0.4 is 34.0 Å². The molecule has 0 amide bonds. The van der Waals surface area contributed by atoms with Gasteiger partial charge in [-0.25, -0.2) is 13.4 Å². The molecule has 14 heteroatoms. The SMILES string of the molecule is CCc1cc(Nc2ncc(Br)c(Nc3ccc4c(c3N(C)S(C)(=O)=O)OCCO4)n2)c(OC)cc1N(C)CCN(C)C. The van der Waals surface area contributed by atoms with Gasteiger partial charge in [0.2, 0.25) is 16.0 Å². The Hall–Kier alpha value is -3.49. The lowest BCUT2D eigenvalue weighted by atomic mass is 10.1. The van der Waals surface area contributed by atoms with E-state index in [1.807, 2.05) is 6.07 Å². The molecule has 0 aliphatic carbocycles. The first kappa shape index (κ1) is 31.4. The highest BCUT2D eigenvalue weighted by molar-refractivity contribution is 9.10. The molecule has 3 aromatic rings. The van der Waals surface area contributed by atoms with Crippen molar-refractivity contribution < 1.29 is 22.6 Å². The minimum absolute atomic E-state index is 0.304. The van der Waals surface area contributed by atoms with Crippen LogP contribution in [0.15, 0.2) is 34.9 Å². The molecular formula is C28H38BrN7O5S. The Morgan fingerprint density at radius 3 is 2.45 bits per heavy atom. The van der Waals surface area contributed by atoms with Crippen LogP contribution in [0.3, 0.4) is 0 Å². The summed E-state index contributed by atoms with van der Waals surface area (Å²) in [4.78, 5) is 13.5. The molecule has 1 aliphatic heterocycles. The topological polar surface area (TPSA) is 121 Å². The van der Waals surface area contributed by atoms with Crippen LogP contribution in [0.5, 0.6) is 17.2 Å². The number of rotatable bonds is 12. The molecule has 0 atom stereocenters. The molecule has 0 spiro atoms. The average molecular weight is 665 g/mol. The number of fused-ring (bicyclic) bond motifs is 1. The number of likely N-dealkylation sites (N-methyl/N-ethyl adjacent to an activating group) is 2. The van der Waals surface area contributed by atoms with E-state index < -0.39 is 10.0 Å². The van der Waals surface area contributed by atoms with E-state index in [1.54, 1.807) is 25.4 Å². The molecule has 0 radical (unpaired) electrons. The molecule has 0 bridgehead atoms. The zero-order chi connectivity index (χ0) is 30.6. The Labute approximate surface area is 256 Å². The molecule has 0 fully saturated rings. The molecule has 228 valence electrons. The first-order valence-corrected chi connectivity index (χ1v) is 16.1. The number of halogens is 1. The van der Waals surface area contributed by atoms with Crippen molar-refractivity contribution in [3.8, 4) is 17.2 Å². The second-order valence-electron chi connectivity index (χ2n) is 10.1. The third kappa shape index (κ3) is 7.10. The van der Waals surface area contributed by atoms with Crippen LogP contribution in [-0.2, 0) is 16.4 Å². The highest BCUT2D eigenvalue weighted by Crippen LogP contribution is 2.46. The van der Waals surface area contributed by atoms with Gasteiger partial charge in [-0.15, -0.1) is 0 Å². The third-order valence-electron chi connectivity index (χ3n) is 6.81. The Balaban J connectivity index is 1.68. The fourth-order valence-electron chi connectivity index (χ4n) is 4.43. The zero-order valence-corrected chi connectivity index (χ0v) is 27.4. The number of methoxy groups -OCH3 is 1. The number of aromatic nitrogens is 2. The lowest BCUT2D eigenvalue weighted by Crippen LogP contribution is -2.29. The summed E-state index contributed by atoms with van der Waals surface area (Å²) in [5.74, 6) is 2.21. The van der Waals surface area contributed by atoms with Crippen molar-refractivity contribution in [3.63, 3.8) is 0 Å². The van der Waals surface area contributed by atoms with E-state index >= 15 is 0 Å². The van der Waals surface area contributed by atoms with Crippen LogP contribution in [0.4, 0.5) is 34.5 Å². The van der Waals surface area contributed by atoms with Crippen LogP contribution in [-0.4, -0.2) is 91.1 Å². The van der Waals surface area contributed by atoms with Gasteiger partial charge in [0.25, 0.3) is 0 Å². The number of hydrogen-bond acceptors (Lipinski definition) is 11. The van der Waals surface area contributed by atoms with Crippen molar-refractivity contribution in [1.29, 1.82) is 0 Å². The van der Waals surface area contributed by atoms with Gasteiger partial charge in [0, 0.05) is 45.1 Å². The van der Waals surface area contributed by atoms with Crippen molar-refractivity contribution in [2.45, 2.75) is 13.3 Å². The molecule has 2 aromatic carbocycles.